The largest absolute Gasteiger partial charge is 0.483 e. The highest BCUT2D eigenvalue weighted by molar-refractivity contribution is 5.91. The average Bonchev–Trinajstić information content (AvgIpc) is 2.64. The number of aromatic nitrogens is 2. The topological polar surface area (TPSA) is 93.2 Å². The van der Waals surface area contributed by atoms with Gasteiger partial charge in [0.1, 0.15) is 11.4 Å². The lowest BCUT2D eigenvalue weighted by atomic mass is 9.85. The molecule has 2 N–H and O–H groups in total. The number of rotatable bonds is 7. The van der Waals surface area contributed by atoms with E-state index >= 15 is 0 Å². The monoisotopic (exact) mass is 370 g/mol. The van der Waals surface area contributed by atoms with Crippen molar-refractivity contribution in [3.8, 4) is 5.75 Å². The third-order valence-corrected chi connectivity index (χ3v) is 3.83. The third kappa shape index (κ3) is 6.36. The van der Waals surface area contributed by atoms with Crippen LogP contribution in [0.3, 0.4) is 0 Å². The zero-order chi connectivity index (χ0) is 19.9. The summed E-state index contributed by atoms with van der Waals surface area (Å²) in [6, 6.07) is 5.93. The Labute approximate surface area is 159 Å². The van der Waals surface area contributed by atoms with E-state index in [2.05, 4.69) is 47.4 Å². The second-order valence-electron chi connectivity index (χ2n) is 7.23. The van der Waals surface area contributed by atoms with Crippen molar-refractivity contribution in [2.24, 2.45) is 0 Å². The summed E-state index contributed by atoms with van der Waals surface area (Å²) in [5.41, 5.74) is 2.37. The number of aryl methyl sites for hydroxylation is 1. The van der Waals surface area contributed by atoms with Gasteiger partial charge >= 0.3 is 0 Å². The smallest absolute Gasteiger partial charge is 0.271 e. The van der Waals surface area contributed by atoms with Gasteiger partial charge in [0.2, 0.25) is 0 Å². The Balaban J connectivity index is 1.76. The molecule has 2 aromatic rings. The van der Waals surface area contributed by atoms with Gasteiger partial charge in [0.05, 0.1) is 6.20 Å². The summed E-state index contributed by atoms with van der Waals surface area (Å²) in [5, 5.41) is 5.38. The quantitative estimate of drug-likeness (QED) is 0.727. The highest BCUT2D eigenvalue weighted by Crippen LogP contribution is 2.32. The van der Waals surface area contributed by atoms with E-state index in [0.29, 0.717) is 18.8 Å². The van der Waals surface area contributed by atoms with Gasteiger partial charge in [-0.05, 0) is 24.0 Å². The Hall–Kier alpha value is -2.96. The minimum atomic E-state index is -0.330. The van der Waals surface area contributed by atoms with E-state index in [9.17, 15) is 9.59 Å². The minimum absolute atomic E-state index is 0.0791. The molecule has 144 valence electrons. The lowest BCUT2D eigenvalue weighted by Gasteiger charge is -2.23. The van der Waals surface area contributed by atoms with Crippen LogP contribution in [0.1, 0.15) is 42.4 Å². The van der Waals surface area contributed by atoms with Crippen molar-refractivity contribution in [1.82, 2.24) is 20.6 Å². The molecule has 2 rings (SSSR count). The van der Waals surface area contributed by atoms with Gasteiger partial charge in [-0.3, -0.25) is 14.6 Å². The van der Waals surface area contributed by atoms with Crippen LogP contribution in [0.5, 0.6) is 5.75 Å². The Morgan fingerprint density at radius 2 is 1.85 bits per heavy atom. The average molecular weight is 370 g/mol. The molecule has 7 nitrogen and oxygen atoms in total. The van der Waals surface area contributed by atoms with Crippen LogP contribution >= 0.6 is 0 Å². The first-order chi connectivity index (χ1) is 12.8. The summed E-state index contributed by atoms with van der Waals surface area (Å²) < 4.78 is 5.71. The number of hydrogen-bond acceptors (Lipinski definition) is 5. The maximum atomic E-state index is 12.0. The van der Waals surface area contributed by atoms with Crippen LogP contribution in [-0.4, -0.2) is 41.5 Å². The lowest BCUT2D eigenvalue weighted by molar-refractivity contribution is -0.123. The molecule has 1 aromatic carbocycles. The van der Waals surface area contributed by atoms with Crippen molar-refractivity contribution in [1.29, 1.82) is 0 Å². The fourth-order valence-electron chi connectivity index (χ4n) is 2.43. The van der Waals surface area contributed by atoms with E-state index in [-0.39, 0.29) is 29.5 Å². The lowest BCUT2D eigenvalue weighted by Crippen LogP contribution is -2.37. The summed E-state index contributed by atoms with van der Waals surface area (Å²) in [4.78, 5) is 31.5. The number of amides is 2. The summed E-state index contributed by atoms with van der Waals surface area (Å²) in [6.07, 6.45) is 4.33. The maximum absolute atomic E-state index is 12.0. The number of nitrogens with one attached hydrogen (secondary N) is 2. The number of carbonyl (C=O) groups excluding carboxylic acids is 2. The standard InChI is InChI=1S/C20H26N4O3/c1-14-5-6-17(15(11-14)20(2,3)4)27-13-18(25)23-9-10-24-19(26)16-12-21-7-8-22-16/h5-8,11-12H,9-10,13H2,1-4H3,(H,23,25)(H,24,26). The first-order valence-electron chi connectivity index (χ1n) is 8.82. The molecule has 1 aromatic heterocycles. The molecule has 0 aliphatic rings. The van der Waals surface area contributed by atoms with Crippen LogP contribution in [0.15, 0.2) is 36.8 Å². The van der Waals surface area contributed by atoms with Gasteiger partial charge in [0.15, 0.2) is 6.61 Å². The van der Waals surface area contributed by atoms with Gasteiger partial charge < -0.3 is 15.4 Å². The predicted molar refractivity (Wildman–Crippen MR) is 103 cm³/mol. The number of hydrogen-bond donors (Lipinski definition) is 2. The predicted octanol–water partition coefficient (Wildman–Crippen LogP) is 2.01. The normalized spacial score (nSPS) is 11.0. The molecule has 0 saturated carbocycles. The molecule has 0 unspecified atom stereocenters. The molecule has 0 aliphatic carbocycles. The molecular formula is C20H26N4O3. The highest BCUT2D eigenvalue weighted by atomic mass is 16.5. The van der Waals surface area contributed by atoms with Gasteiger partial charge in [0, 0.05) is 25.5 Å². The van der Waals surface area contributed by atoms with Crippen molar-refractivity contribution < 1.29 is 14.3 Å². The molecule has 0 spiro atoms. The zero-order valence-corrected chi connectivity index (χ0v) is 16.2. The Morgan fingerprint density at radius 1 is 1.11 bits per heavy atom. The second-order valence-corrected chi connectivity index (χ2v) is 7.23. The van der Waals surface area contributed by atoms with Crippen molar-refractivity contribution in [2.45, 2.75) is 33.1 Å². The molecule has 0 fully saturated rings. The molecule has 0 aliphatic heterocycles. The summed E-state index contributed by atoms with van der Waals surface area (Å²) in [5.74, 6) is 0.131. The zero-order valence-electron chi connectivity index (χ0n) is 16.2. The van der Waals surface area contributed by atoms with Crippen molar-refractivity contribution >= 4 is 11.8 Å². The molecule has 2 amide bonds. The summed E-state index contributed by atoms with van der Waals surface area (Å²) in [7, 11) is 0. The van der Waals surface area contributed by atoms with E-state index in [1.54, 1.807) is 0 Å². The Kier molecular flexibility index (Phi) is 6.87. The van der Waals surface area contributed by atoms with Crippen LogP contribution in [0.2, 0.25) is 0 Å². The number of carbonyl (C=O) groups is 2. The van der Waals surface area contributed by atoms with Crippen molar-refractivity contribution in [3.63, 3.8) is 0 Å². The number of nitrogens with zero attached hydrogens (tertiary/aromatic N) is 2. The summed E-state index contributed by atoms with van der Waals surface area (Å²) >= 11 is 0. The van der Waals surface area contributed by atoms with Crippen molar-refractivity contribution in [2.75, 3.05) is 19.7 Å². The number of benzene rings is 1. The SMILES string of the molecule is Cc1ccc(OCC(=O)NCCNC(=O)c2cnccn2)c(C(C)(C)C)c1. The summed E-state index contributed by atoms with van der Waals surface area (Å²) in [6.45, 7) is 8.86. The van der Waals surface area contributed by atoms with E-state index in [4.69, 9.17) is 4.74 Å². The molecule has 0 atom stereocenters. The van der Waals surface area contributed by atoms with E-state index < -0.39 is 0 Å². The Morgan fingerprint density at radius 3 is 2.52 bits per heavy atom. The molecule has 0 saturated heterocycles. The fourth-order valence-corrected chi connectivity index (χ4v) is 2.43. The van der Waals surface area contributed by atoms with Crippen LogP contribution < -0.4 is 15.4 Å². The molecule has 0 bridgehead atoms. The highest BCUT2D eigenvalue weighted by Gasteiger charge is 2.19. The molecule has 0 radical (unpaired) electrons. The van der Waals surface area contributed by atoms with Crippen LogP contribution in [0, 0.1) is 6.92 Å². The first kappa shape index (κ1) is 20.4. The fraction of sp³-hybridized carbons (Fsp3) is 0.400. The van der Waals surface area contributed by atoms with Crippen LogP contribution in [-0.2, 0) is 10.2 Å². The van der Waals surface area contributed by atoms with Gasteiger partial charge in [-0.1, -0.05) is 38.5 Å². The Bertz CT molecular complexity index is 786. The van der Waals surface area contributed by atoms with Gasteiger partial charge in [-0.2, -0.15) is 0 Å². The van der Waals surface area contributed by atoms with E-state index in [0.717, 1.165) is 11.1 Å². The molecule has 1 heterocycles. The van der Waals surface area contributed by atoms with Gasteiger partial charge in [-0.15, -0.1) is 0 Å². The first-order valence-corrected chi connectivity index (χ1v) is 8.82. The third-order valence-electron chi connectivity index (χ3n) is 3.83. The molecular weight excluding hydrogens is 344 g/mol. The maximum Gasteiger partial charge on any atom is 0.271 e. The van der Waals surface area contributed by atoms with E-state index in [1.807, 2.05) is 19.1 Å². The van der Waals surface area contributed by atoms with Crippen molar-refractivity contribution in [3.05, 3.63) is 53.6 Å². The van der Waals surface area contributed by atoms with Gasteiger partial charge in [0.25, 0.3) is 11.8 Å². The van der Waals surface area contributed by atoms with Crippen LogP contribution in [0.25, 0.3) is 0 Å². The molecule has 27 heavy (non-hydrogen) atoms. The second kappa shape index (κ2) is 9.12. The minimum Gasteiger partial charge on any atom is -0.483 e. The van der Waals surface area contributed by atoms with Crippen LogP contribution in [0.4, 0.5) is 0 Å². The molecule has 7 heteroatoms. The van der Waals surface area contributed by atoms with E-state index in [1.165, 1.54) is 18.6 Å². The number of ether oxygens (including phenoxy) is 1. The van der Waals surface area contributed by atoms with Gasteiger partial charge in [-0.25, -0.2) is 4.98 Å².